The summed E-state index contributed by atoms with van der Waals surface area (Å²) in [5.74, 6) is -0.325. The second-order valence-electron chi connectivity index (χ2n) is 11.7. The van der Waals surface area contributed by atoms with E-state index in [4.69, 9.17) is 18.9 Å². The fourth-order valence-electron chi connectivity index (χ4n) is 9.63. The number of rotatable bonds is 1. The first-order valence-electron chi connectivity index (χ1n) is 11.9. The van der Waals surface area contributed by atoms with Gasteiger partial charge >= 0.3 is 11.9 Å². The number of carbonyl (C=O) groups is 3. The van der Waals surface area contributed by atoms with Crippen LogP contribution in [0.2, 0.25) is 0 Å². The van der Waals surface area contributed by atoms with Crippen LogP contribution in [-0.2, 0) is 33.3 Å². The molecule has 7 heteroatoms. The van der Waals surface area contributed by atoms with E-state index in [0.717, 1.165) is 32.1 Å². The van der Waals surface area contributed by atoms with Gasteiger partial charge in [0.25, 0.3) is 0 Å². The van der Waals surface area contributed by atoms with Crippen LogP contribution < -0.4 is 0 Å². The number of methoxy groups -OCH3 is 1. The Morgan fingerprint density at radius 3 is 2.58 bits per heavy atom. The molecule has 0 aromatic rings. The van der Waals surface area contributed by atoms with Crippen molar-refractivity contribution in [2.45, 2.75) is 94.2 Å². The summed E-state index contributed by atoms with van der Waals surface area (Å²) in [4.78, 5) is 37.9. The predicted octanol–water partition coefficient (Wildman–Crippen LogP) is 2.34. The number of fused-ring (bicyclic) bond motifs is 3. The number of ether oxygens (including phenoxy) is 4. The molecule has 4 aliphatic carbocycles. The monoisotopic (exact) mass is 430 g/mol. The van der Waals surface area contributed by atoms with Gasteiger partial charge in [0.1, 0.15) is 22.9 Å². The molecule has 7 fully saturated rings. The topological polar surface area (TPSA) is 94.7 Å². The molecule has 168 valence electrons. The molecule has 3 spiro atoms. The van der Waals surface area contributed by atoms with Crippen molar-refractivity contribution in [1.29, 1.82) is 0 Å². The second kappa shape index (κ2) is 5.19. The van der Waals surface area contributed by atoms with Crippen LogP contribution in [0.5, 0.6) is 0 Å². The summed E-state index contributed by atoms with van der Waals surface area (Å²) < 4.78 is 24.2. The van der Waals surface area contributed by atoms with Gasteiger partial charge in [0.2, 0.25) is 0 Å². The SMILES string of the molecule is COC(=O)[C@@H]1C[C@@]23O[C@@H]2C(=O)CC[C@]3(C)[C@@]23O[C@@H]2C[C@@]2(C)[C@@H](CC[C@@]24CCC(=O)O4)[C@H]13. The van der Waals surface area contributed by atoms with E-state index in [0.29, 0.717) is 19.3 Å². The smallest absolute Gasteiger partial charge is 0.309 e. The van der Waals surface area contributed by atoms with Crippen LogP contribution in [0.4, 0.5) is 0 Å². The van der Waals surface area contributed by atoms with Crippen LogP contribution in [-0.4, -0.2) is 53.8 Å². The van der Waals surface area contributed by atoms with Gasteiger partial charge in [0.05, 0.1) is 19.1 Å². The summed E-state index contributed by atoms with van der Waals surface area (Å²) in [6, 6.07) is 0. The van der Waals surface area contributed by atoms with Crippen LogP contribution in [0.25, 0.3) is 0 Å². The highest BCUT2D eigenvalue weighted by atomic mass is 16.6. The molecule has 4 saturated carbocycles. The van der Waals surface area contributed by atoms with Gasteiger partial charge in [-0.25, -0.2) is 0 Å². The molecule has 0 aromatic carbocycles. The van der Waals surface area contributed by atoms with E-state index in [1.807, 2.05) is 0 Å². The van der Waals surface area contributed by atoms with Crippen molar-refractivity contribution in [2.24, 2.45) is 28.6 Å². The first-order valence-corrected chi connectivity index (χ1v) is 11.9. The summed E-state index contributed by atoms with van der Waals surface area (Å²) >= 11 is 0. The minimum Gasteiger partial charge on any atom is -0.469 e. The zero-order valence-corrected chi connectivity index (χ0v) is 18.4. The van der Waals surface area contributed by atoms with E-state index in [-0.39, 0.29) is 52.4 Å². The normalized spacial score (nSPS) is 60.3. The first kappa shape index (κ1) is 19.0. The highest BCUT2D eigenvalue weighted by Gasteiger charge is 2.91. The van der Waals surface area contributed by atoms with Gasteiger partial charge in [-0.3, -0.25) is 14.4 Å². The number of carbonyl (C=O) groups excluding carboxylic acids is 3. The molecule has 0 aromatic heterocycles. The molecule has 7 nitrogen and oxygen atoms in total. The lowest BCUT2D eigenvalue weighted by atomic mass is 9.41. The van der Waals surface area contributed by atoms with Crippen LogP contribution in [0.1, 0.15) is 65.2 Å². The third-order valence-corrected chi connectivity index (χ3v) is 11.2. The molecule has 0 bridgehead atoms. The molecule has 0 N–H and O–H groups in total. The molecule has 3 saturated heterocycles. The highest BCUT2D eigenvalue weighted by molar-refractivity contribution is 5.89. The summed E-state index contributed by atoms with van der Waals surface area (Å²) in [6.45, 7) is 4.50. The van der Waals surface area contributed by atoms with E-state index in [1.54, 1.807) is 0 Å². The van der Waals surface area contributed by atoms with Crippen LogP contribution >= 0.6 is 0 Å². The lowest BCUT2D eigenvalue weighted by Crippen LogP contribution is -2.68. The van der Waals surface area contributed by atoms with Gasteiger partial charge in [0, 0.05) is 29.6 Å². The molecule has 0 amide bonds. The van der Waals surface area contributed by atoms with Gasteiger partial charge in [-0.05, 0) is 44.4 Å². The number of hydrogen-bond acceptors (Lipinski definition) is 7. The number of Topliss-reactive ketones (excluding diaryl/α,β-unsaturated/α-hetero) is 1. The lowest BCUT2D eigenvalue weighted by molar-refractivity contribution is -0.184. The summed E-state index contributed by atoms with van der Waals surface area (Å²) in [5.41, 5.74) is -2.00. The Morgan fingerprint density at radius 2 is 1.87 bits per heavy atom. The largest absolute Gasteiger partial charge is 0.469 e. The number of esters is 2. The highest BCUT2D eigenvalue weighted by Crippen LogP contribution is 2.82. The van der Waals surface area contributed by atoms with E-state index in [2.05, 4.69) is 13.8 Å². The van der Waals surface area contributed by atoms with Gasteiger partial charge in [-0.15, -0.1) is 0 Å². The molecule has 31 heavy (non-hydrogen) atoms. The van der Waals surface area contributed by atoms with E-state index in [1.165, 1.54) is 7.11 Å². The van der Waals surface area contributed by atoms with Crippen LogP contribution in [0, 0.1) is 28.6 Å². The number of ketones is 1. The van der Waals surface area contributed by atoms with Gasteiger partial charge in [-0.2, -0.15) is 0 Å². The predicted molar refractivity (Wildman–Crippen MR) is 105 cm³/mol. The van der Waals surface area contributed by atoms with Crippen molar-refractivity contribution in [3.8, 4) is 0 Å². The quantitative estimate of drug-likeness (QED) is 0.465. The zero-order valence-electron chi connectivity index (χ0n) is 18.4. The van der Waals surface area contributed by atoms with E-state index in [9.17, 15) is 14.4 Å². The van der Waals surface area contributed by atoms with Gasteiger partial charge in [0.15, 0.2) is 5.78 Å². The zero-order chi connectivity index (χ0) is 21.6. The maximum atomic E-state index is 13.2. The van der Waals surface area contributed by atoms with E-state index < -0.39 is 22.9 Å². The molecule has 3 heterocycles. The molecule has 0 unspecified atom stereocenters. The Balaban J connectivity index is 1.37. The molecular weight excluding hydrogens is 400 g/mol. The van der Waals surface area contributed by atoms with E-state index >= 15 is 0 Å². The van der Waals surface area contributed by atoms with Crippen molar-refractivity contribution in [1.82, 2.24) is 0 Å². The molecule has 0 radical (unpaired) electrons. The Labute approximate surface area is 181 Å². The summed E-state index contributed by atoms with van der Waals surface area (Å²) in [5, 5.41) is 0. The van der Waals surface area contributed by atoms with Crippen molar-refractivity contribution in [3.63, 3.8) is 0 Å². The standard InChI is InChI=1S/C24H30O7/c1-20-11-15-24(29-15)17(13(20)4-8-22(20)9-6-16(26)30-22)12(19(27)28-3)10-23-18(31-23)14(25)5-7-21(23,24)2/h12-13,15,17-18H,4-11H2,1-3H3/t12-,13+,15-,17+,18-,20+,21+,22-,23-,24-/m1/s1. The van der Waals surface area contributed by atoms with Gasteiger partial charge in [-0.1, -0.05) is 13.8 Å². The second-order valence-corrected chi connectivity index (χ2v) is 11.7. The Bertz CT molecular complexity index is 946. The number of epoxide rings is 2. The maximum absolute atomic E-state index is 13.2. The fourth-order valence-corrected chi connectivity index (χ4v) is 9.63. The van der Waals surface area contributed by atoms with Crippen molar-refractivity contribution in [3.05, 3.63) is 0 Å². The van der Waals surface area contributed by atoms with Gasteiger partial charge < -0.3 is 18.9 Å². The third kappa shape index (κ3) is 1.77. The molecular formula is C24H30O7. The van der Waals surface area contributed by atoms with Crippen LogP contribution in [0.15, 0.2) is 0 Å². The minimum atomic E-state index is -0.601. The third-order valence-electron chi connectivity index (χ3n) is 11.2. The van der Waals surface area contributed by atoms with Crippen molar-refractivity contribution < 1.29 is 33.3 Å². The maximum Gasteiger partial charge on any atom is 0.309 e. The minimum absolute atomic E-state index is 0.000380. The molecule has 10 atom stereocenters. The Hall–Kier alpha value is -1.47. The summed E-state index contributed by atoms with van der Waals surface area (Å²) in [6.07, 6.45) is 5.22. The Morgan fingerprint density at radius 1 is 1.06 bits per heavy atom. The average molecular weight is 430 g/mol. The average Bonchev–Trinajstić information content (AvgIpc) is 3.59. The summed E-state index contributed by atoms with van der Waals surface area (Å²) in [7, 11) is 1.44. The molecule has 7 aliphatic rings. The lowest BCUT2D eigenvalue weighted by Gasteiger charge is -2.59. The van der Waals surface area contributed by atoms with Crippen LogP contribution in [0.3, 0.4) is 0 Å². The van der Waals surface area contributed by atoms with Crippen molar-refractivity contribution in [2.75, 3.05) is 7.11 Å². The fraction of sp³-hybridized carbons (Fsp3) is 0.875. The molecule has 7 rings (SSSR count). The molecule has 3 aliphatic heterocycles. The van der Waals surface area contributed by atoms with Crippen molar-refractivity contribution >= 4 is 17.7 Å². The first-order chi connectivity index (χ1) is 14.7. The Kier molecular flexibility index (Phi) is 3.19. The number of hydrogen-bond donors (Lipinski definition) is 0.